The van der Waals surface area contributed by atoms with Gasteiger partial charge in [0.15, 0.2) is 0 Å². The van der Waals surface area contributed by atoms with Crippen molar-refractivity contribution in [2.45, 2.75) is 46.2 Å². The first-order chi connectivity index (χ1) is 13.3. The Morgan fingerprint density at radius 3 is 2.27 bits per heavy atom. The molecule has 168 valence electrons. The molecule has 2 heterocycles. The molecule has 0 spiro atoms. The second kappa shape index (κ2) is 11.6. The van der Waals surface area contributed by atoms with Gasteiger partial charge in [-0.1, -0.05) is 48.8 Å². The minimum atomic E-state index is -0.406. The Bertz CT molecular complexity index is 789. The second-order valence-electron chi connectivity index (χ2n) is 8.10. The standard InChI is InChI=1S/C21H31N5O2.2ClH/c1-14(2)13-18(22)21(27)26-11-9-25(10-12-26)16(4)20-23-19(24-28-20)17-7-5-15(3)6-8-17;;/h5-8,14,16,18H,9-13,22H2,1-4H3;2*1H/t16?,18-;;/m0../s1. The first kappa shape index (κ1) is 26.4. The van der Waals surface area contributed by atoms with Gasteiger partial charge >= 0.3 is 0 Å². The maximum atomic E-state index is 12.5. The number of rotatable bonds is 6. The maximum Gasteiger partial charge on any atom is 0.244 e. The number of carbonyl (C=O) groups excluding carboxylic acids is 1. The van der Waals surface area contributed by atoms with Crippen LogP contribution in [0, 0.1) is 12.8 Å². The van der Waals surface area contributed by atoms with Crippen LogP contribution >= 0.6 is 24.8 Å². The number of hydrogen-bond acceptors (Lipinski definition) is 6. The molecular formula is C21H33Cl2N5O2. The second-order valence-corrected chi connectivity index (χ2v) is 8.10. The van der Waals surface area contributed by atoms with Crippen LogP contribution in [-0.4, -0.2) is 58.1 Å². The third kappa shape index (κ3) is 6.41. The van der Waals surface area contributed by atoms with Crippen molar-refractivity contribution >= 4 is 30.7 Å². The monoisotopic (exact) mass is 457 g/mol. The number of piperazine rings is 1. The average molecular weight is 458 g/mol. The van der Waals surface area contributed by atoms with Gasteiger partial charge in [0.2, 0.25) is 17.6 Å². The molecule has 1 aliphatic heterocycles. The van der Waals surface area contributed by atoms with Crippen molar-refractivity contribution in [3.8, 4) is 11.4 Å². The van der Waals surface area contributed by atoms with E-state index in [0.717, 1.165) is 25.1 Å². The number of nitrogens with zero attached hydrogens (tertiary/aromatic N) is 4. The molecule has 2 atom stereocenters. The molecule has 0 aliphatic carbocycles. The van der Waals surface area contributed by atoms with E-state index in [1.807, 2.05) is 36.1 Å². The Kier molecular flexibility index (Phi) is 10.2. The molecule has 0 radical (unpaired) electrons. The van der Waals surface area contributed by atoms with Crippen molar-refractivity contribution in [2.24, 2.45) is 11.7 Å². The smallest absolute Gasteiger partial charge is 0.244 e. The van der Waals surface area contributed by atoms with Gasteiger partial charge in [0.25, 0.3) is 0 Å². The van der Waals surface area contributed by atoms with Crippen LogP contribution in [0.3, 0.4) is 0 Å². The van der Waals surface area contributed by atoms with Gasteiger partial charge in [-0.05, 0) is 26.2 Å². The summed E-state index contributed by atoms with van der Waals surface area (Å²) in [5.74, 6) is 1.68. The number of carbonyl (C=O) groups is 1. The molecular weight excluding hydrogens is 425 g/mol. The number of aromatic nitrogens is 2. The molecule has 7 nitrogen and oxygen atoms in total. The number of halogens is 2. The predicted molar refractivity (Wildman–Crippen MR) is 123 cm³/mol. The van der Waals surface area contributed by atoms with E-state index < -0.39 is 6.04 Å². The fraction of sp³-hybridized carbons (Fsp3) is 0.571. The highest BCUT2D eigenvalue weighted by molar-refractivity contribution is 5.85. The van der Waals surface area contributed by atoms with Gasteiger partial charge in [0, 0.05) is 31.7 Å². The van der Waals surface area contributed by atoms with Gasteiger partial charge in [-0.15, -0.1) is 24.8 Å². The largest absolute Gasteiger partial charge is 0.339 e. The lowest BCUT2D eigenvalue weighted by Crippen LogP contribution is -2.53. The normalized spacial score (nSPS) is 16.5. The molecule has 2 aromatic rings. The summed E-state index contributed by atoms with van der Waals surface area (Å²) in [6.07, 6.45) is 0.721. The lowest BCUT2D eigenvalue weighted by Gasteiger charge is -2.37. The van der Waals surface area contributed by atoms with Crippen molar-refractivity contribution in [3.05, 3.63) is 35.7 Å². The van der Waals surface area contributed by atoms with E-state index in [1.165, 1.54) is 5.56 Å². The Morgan fingerprint density at radius 2 is 1.70 bits per heavy atom. The Hall–Kier alpha value is -1.67. The molecule has 9 heteroatoms. The summed E-state index contributed by atoms with van der Waals surface area (Å²) >= 11 is 0. The molecule has 3 rings (SSSR count). The minimum Gasteiger partial charge on any atom is -0.339 e. The molecule has 1 aromatic carbocycles. The fourth-order valence-corrected chi connectivity index (χ4v) is 3.55. The minimum absolute atomic E-state index is 0. The maximum absolute atomic E-state index is 12.5. The summed E-state index contributed by atoms with van der Waals surface area (Å²) in [6.45, 7) is 11.2. The van der Waals surface area contributed by atoms with Crippen molar-refractivity contribution in [1.29, 1.82) is 0 Å². The summed E-state index contributed by atoms with van der Waals surface area (Å²) < 4.78 is 5.52. The van der Waals surface area contributed by atoms with Gasteiger partial charge in [0.1, 0.15) is 0 Å². The van der Waals surface area contributed by atoms with Crippen molar-refractivity contribution < 1.29 is 9.32 Å². The van der Waals surface area contributed by atoms with Crippen LogP contribution in [0.1, 0.15) is 44.7 Å². The van der Waals surface area contributed by atoms with E-state index >= 15 is 0 Å². The number of aryl methyl sites for hydroxylation is 1. The molecule has 2 N–H and O–H groups in total. The van der Waals surface area contributed by atoms with E-state index in [2.05, 4.69) is 35.8 Å². The lowest BCUT2D eigenvalue weighted by molar-refractivity contribution is -0.135. The Morgan fingerprint density at radius 1 is 1.10 bits per heavy atom. The lowest BCUT2D eigenvalue weighted by atomic mass is 10.0. The third-order valence-electron chi connectivity index (χ3n) is 5.33. The van der Waals surface area contributed by atoms with Gasteiger partial charge in [-0.2, -0.15) is 4.98 Å². The van der Waals surface area contributed by atoms with Crippen LogP contribution in [0.2, 0.25) is 0 Å². The molecule has 1 unspecified atom stereocenters. The summed E-state index contributed by atoms with van der Waals surface area (Å²) in [7, 11) is 0. The van der Waals surface area contributed by atoms with Crippen LogP contribution in [-0.2, 0) is 4.79 Å². The zero-order valence-electron chi connectivity index (χ0n) is 18.1. The van der Waals surface area contributed by atoms with E-state index in [9.17, 15) is 4.79 Å². The van der Waals surface area contributed by atoms with E-state index in [4.69, 9.17) is 10.3 Å². The van der Waals surface area contributed by atoms with Crippen molar-refractivity contribution in [1.82, 2.24) is 19.9 Å². The summed E-state index contributed by atoms with van der Waals surface area (Å²) in [5, 5.41) is 4.13. The molecule has 1 aliphatic rings. The van der Waals surface area contributed by atoms with E-state index in [1.54, 1.807) is 0 Å². The van der Waals surface area contributed by atoms with Gasteiger partial charge in [-0.25, -0.2) is 0 Å². The molecule has 0 bridgehead atoms. The van der Waals surface area contributed by atoms with Crippen LogP contribution in [0.15, 0.2) is 28.8 Å². The van der Waals surface area contributed by atoms with Crippen molar-refractivity contribution in [3.63, 3.8) is 0 Å². The van der Waals surface area contributed by atoms with Crippen LogP contribution in [0.5, 0.6) is 0 Å². The molecule has 0 saturated carbocycles. The molecule has 1 fully saturated rings. The SMILES string of the molecule is Cc1ccc(-c2noc(C(C)N3CCN(C(=O)[C@@H](N)CC(C)C)CC3)n2)cc1.Cl.Cl. The van der Waals surface area contributed by atoms with Crippen LogP contribution in [0.25, 0.3) is 11.4 Å². The molecule has 30 heavy (non-hydrogen) atoms. The first-order valence-corrected chi connectivity index (χ1v) is 10.0. The fourth-order valence-electron chi connectivity index (χ4n) is 3.55. The summed E-state index contributed by atoms with van der Waals surface area (Å²) in [6, 6.07) is 7.67. The summed E-state index contributed by atoms with van der Waals surface area (Å²) in [4.78, 5) is 21.2. The van der Waals surface area contributed by atoms with Gasteiger partial charge in [-0.3, -0.25) is 9.69 Å². The van der Waals surface area contributed by atoms with Crippen LogP contribution < -0.4 is 5.73 Å². The average Bonchev–Trinajstić information content (AvgIpc) is 3.17. The van der Waals surface area contributed by atoms with Gasteiger partial charge < -0.3 is 15.2 Å². The quantitative estimate of drug-likeness (QED) is 0.713. The molecule has 1 aromatic heterocycles. The first-order valence-electron chi connectivity index (χ1n) is 10.0. The van der Waals surface area contributed by atoms with E-state index in [0.29, 0.717) is 30.7 Å². The predicted octanol–water partition coefficient (Wildman–Crippen LogP) is 3.47. The van der Waals surface area contributed by atoms with Crippen molar-refractivity contribution in [2.75, 3.05) is 26.2 Å². The highest BCUT2D eigenvalue weighted by Crippen LogP contribution is 2.24. The number of hydrogen-bond donors (Lipinski definition) is 1. The Labute approximate surface area is 191 Å². The number of amides is 1. The zero-order chi connectivity index (χ0) is 20.3. The summed E-state index contributed by atoms with van der Waals surface area (Å²) in [5.41, 5.74) is 8.21. The number of benzene rings is 1. The third-order valence-corrected chi connectivity index (χ3v) is 5.33. The highest BCUT2D eigenvalue weighted by Gasteiger charge is 2.29. The molecule has 1 saturated heterocycles. The van der Waals surface area contributed by atoms with Gasteiger partial charge in [0.05, 0.1) is 12.1 Å². The number of nitrogens with two attached hydrogens (primary N) is 1. The highest BCUT2D eigenvalue weighted by atomic mass is 35.5. The van der Waals surface area contributed by atoms with Crippen LogP contribution in [0.4, 0.5) is 0 Å². The van der Waals surface area contributed by atoms with E-state index in [-0.39, 0.29) is 36.8 Å². The Balaban J connectivity index is 0.00000225. The molecule has 1 amide bonds. The topological polar surface area (TPSA) is 88.5 Å². The zero-order valence-corrected chi connectivity index (χ0v) is 19.7.